The molecule has 0 saturated carbocycles. The zero-order chi connectivity index (χ0) is 19.2. The van der Waals surface area contributed by atoms with Crippen molar-refractivity contribution in [2.24, 2.45) is 0 Å². The Morgan fingerprint density at radius 2 is 2.07 bits per heavy atom. The number of hydrogen-bond donors (Lipinski definition) is 1. The Kier molecular flexibility index (Phi) is 5.86. The highest BCUT2D eigenvalue weighted by molar-refractivity contribution is 5.94. The van der Waals surface area contributed by atoms with Crippen molar-refractivity contribution >= 4 is 11.8 Å². The van der Waals surface area contributed by atoms with Gasteiger partial charge in [0.25, 0.3) is 5.91 Å². The number of hydrogen-bond acceptors (Lipinski definition) is 4. The third kappa shape index (κ3) is 4.34. The topological polar surface area (TPSA) is 71.5 Å². The molecule has 0 radical (unpaired) electrons. The minimum absolute atomic E-state index is 0.00297. The van der Waals surface area contributed by atoms with Gasteiger partial charge in [-0.3, -0.25) is 14.6 Å². The first-order valence-corrected chi connectivity index (χ1v) is 8.92. The quantitative estimate of drug-likeness (QED) is 0.799. The molecule has 1 fully saturated rings. The smallest absolute Gasteiger partial charge is 0.254 e. The highest BCUT2D eigenvalue weighted by Crippen LogP contribution is 2.32. The van der Waals surface area contributed by atoms with E-state index in [-0.39, 0.29) is 17.9 Å². The van der Waals surface area contributed by atoms with Gasteiger partial charge in [0.2, 0.25) is 5.91 Å². The van der Waals surface area contributed by atoms with Gasteiger partial charge in [0, 0.05) is 18.7 Å². The molecule has 0 aliphatic carbocycles. The third-order valence-corrected chi connectivity index (χ3v) is 4.70. The molecule has 1 aliphatic rings. The van der Waals surface area contributed by atoms with Crippen molar-refractivity contribution in [2.75, 3.05) is 13.7 Å². The molecule has 2 amide bonds. The van der Waals surface area contributed by atoms with Crippen LogP contribution in [0.15, 0.2) is 55.3 Å². The van der Waals surface area contributed by atoms with Gasteiger partial charge in [-0.2, -0.15) is 0 Å². The van der Waals surface area contributed by atoms with Crippen LogP contribution >= 0.6 is 0 Å². The zero-order valence-corrected chi connectivity index (χ0v) is 15.4. The first kappa shape index (κ1) is 18.6. The number of likely N-dealkylation sites (tertiary alicyclic amines) is 1. The van der Waals surface area contributed by atoms with Gasteiger partial charge in [-0.1, -0.05) is 18.7 Å². The Morgan fingerprint density at radius 1 is 1.30 bits per heavy atom. The van der Waals surface area contributed by atoms with Crippen molar-refractivity contribution in [1.29, 1.82) is 0 Å². The van der Waals surface area contributed by atoms with Gasteiger partial charge in [0.15, 0.2) is 0 Å². The van der Waals surface area contributed by atoms with Crippen LogP contribution in [-0.4, -0.2) is 35.4 Å². The molecule has 27 heavy (non-hydrogen) atoms. The first-order chi connectivity index (χ1) is 13.1. The number of nitrogens with zero attached hydrogens (tertiary/aromatic N) is 2. The molecular weight excluding hydrogens is 342 g/mol. The largest absolute Gasteiger partial charge is 0.495 e. The second-order valence-electron chi connectivity index (χ2n) is 6.40. The van der Waals surface area contributed by atoms with Crippen LogP contribution in [-0.2, 0) is 11.3 Å². The average Bonchev–Trinajstić information content (AvgIpc) is 3.21. The lowest BCUT2D eigenvalue weighted by Gasteiger charge is -2.24. The lowest BCUT2D eigenvalue weighted by atomic mass is 10.1. The van der Waals surface area contributed by atoms with Crippen molar-refractivity contribution in [2.45, 2.75) is 25.4 Å². The summed E-state index contributed by atoms with van der Waals surface area (Å²) < 4.78 is 5.15. The number of methoxy groups -OCH3 is 1. The highest BCUT2D eigenvalue weighted by atomic mass is 16.5. The molecule has 1 aromatic carbocycles. The number of carbonyl (C=O) groups excluding carboxylic acids is 2. The van der Waals surface area contributed by atoms with Gasteiger partial charge in [0.05, 0.1) is 25.0 Å². The summed E-state index contributed by atoms with van der Waals surface area (Å²) >= 11 is 0. The van der Waals surface area contributed by atoms with E-state index in [1.807, 2.05) is 29.2 Å². The standard InChI is InChI=1S/C21H23N3O3/c1-3-20(25)23-13-15-6-8-16(9-7-15)21(26)24-12-4-5-19(24)18-11-10-17(27-2)14-22-18/h3,6-11,14,19H,1,4-5,12-13H2,2H3,(H,23,25). The second kappa shape index (κ2) is 8.49. The van der Waals surface area contributed by atoms with Crippen molar-refractivity contribution in [3.63, 3.8) is 0 Å². The molecule has 140 valence electrons. The summed E-state index contributed by atoms with van der Waals surface area (Å²) in [6.07, 6.45) is 4.77. The molecule has 1 aliphatic heterocycles. The fourth-order valence-corrected chi connectivity index (χ4v) is 3.22. The van der Waals surface area contributed by atoms with Gasteiger partial charge in [-0.05, 0) is 48.7 Å². The van der Waals surface area contributed by atoms with E-state index in [1.165, 1.54) is 6.08 Å². The van der Waals surface area contributed by atoms with Gasteiger partial charge in [0.1, 0.15) is 5.75 Å². The van der Waals surface area contributed by atoms with E-state index < -0.39 is 0 Å². The third-order valence-electron chi connectivity index (χ3n) is 4.70. The highest BCUT2D eigenvalue weighted by Gasteiger charge is 2.31. The zero-order valence-electron chi connectivity index (χ0n) is 15.4. The molecule has 1 saturated heterocycles. The Labute approximate surface area is 158 Å². The van der Waals surface area contributed by atoms with Crippen LogP contribution in [0.5, 0.6) is 5.75 Å². The van der Waals surface area contributed by atoms with E-state index in [2.05, 4.69) is 16.9 Å². The lowest BCUT2D eigenvalue weighted by Crippen LogP contribution is -2.31. The van der Waals surface area contributed by atoms with E-state index in [0.717, 1.165) is 24.1 Å². The maximum absolute atomic E-state index is 13.0. The minimum Gasteiger partial charge on any atom is -0.495 e. The average molecular weight is 365 g/mol. The van der Waals surface area contributed by atoms with Gasteiger partial charge in [-0.15, -0.1) is 0 Å². The number of carbonyl (C=O) groups is 2. The molecule has 2 heterocycles. The molecule has 1 unspecified atom stereocenters. The lowest BCUT2D eigenvalue weighted by molar-refractivity contribution is -0.116. The summed E-state index contributed by atoms with van der Waals surface area (Å²) in [4.78, 5) is 30.5. The molecule has 1 aromatic heterocycles. The van der Waals surface area contributed by atoms with Crippen LogP contribution in [0, 0.1) is 0 Å². The van der Waals surface area contributed by atoms with Gasteiger partial charge >= 0.3 is 0 Å². The van der Waals surface area contributed by atoms with E-state index in [9.17, 15) is 9.59 Å². The van der Waals surface area contributed by atoms with E-state index in [1.54, 1.807) is 25.4 Å². The van der Waals surface area contributed by atoms with E-state index >= 15 is 0 Å². The van der Waals surface area contributed by atoms with Crippen LogP contribution in [0.2, 0.25) is 0 Å². The van der Waals surface area contributed by atoms with Gasteiger partial charge < -0.3 is 15.0 Å². The van der Waals surface area contributed by atoms with E-state index in [0.29, 0.717) is 24.4 Å². The molecular formula is C21H23N3O3. The maximum atomic E-state index is 13.0. The molecule has 6 heteroatoms. The minimum atomic E-state index is -0.220. The van der Waals surface area contributed by atoms with Crippen LogP contribution in [0.4, 0.5) is 0 Å². The number of aromatic nitrogens is 1. The molecule has 2 aromatic rings. The Hall–Kier alpha value is -3.15. The number of amides is 2. The molecule has 0 spiro atoms. The van der Waals surface area contributed by atoms with Gasteiger partial charge in [-0.25, -0.2) is 0 Å². The number of rotatable bonds is 6. The van der Waals surface area contributed by atoms with Crippen LogP contribution < -0.4 is 10.1 Å². The predicted octanol–water partition coefficient (Wildman–Crippen LogP) is 2.87. The number of ether oxygens (including phenoxy) is 1. The Balaban J connectivity index is 1.70. The number of nitrogens with one attached hydrogen (secondary N) is 1. The molecule has 1 atom stereocenters. The summed E-state index contributed by atoms with van der Waals surface area (Å²) in [5.41, 5.74) is 2.44. The summed E-state index contributed by atoms with van der Waals surface area (Å²) in [5, 5.41) is 2.72. The number of benzene rings is 1. The first-order valence-electron chi connectivity index (χ1n) is 8.92. The van der Waals surface area contributed by atoms with Crippen molar-refractivity contribution in [1.82, 2.24) is 15.2 Å². The molecule has 0 bridgehead atoms. The van der Waals surface area contributed by atoms with Crippen molar-refractivity contribution in [3.05, 3.63) is 72.1 Å². The van der Waals surface area contributed by atoms with Crippen LogP contribution in [0.25, 0.3) is 0 Å². The molecule has 6 nitrogen and oxygen atoms in total. The summed E-state index contributed by atoms with van der Waals surface area (Å²) in [7, 11) is 1.61. The van der Waals surface area contributed by atoms with E-state index in [4.69, 9.17) is 4.74 Å². The number of pyridine rings is 1. The SMILES string of the molecule is C=CC(=O)NCc1ccc(C(=O)N2CCCC2c2ccc(OC)cn2)cc1. The summed E-state index contributed by atoms with van der Waals surface area (Å²) in [6.45, 7) is 4.54. The van der Waals surface area contributed by atoms with Crippen molar-refractivity contribution in [3.8, 4) is 5.75 Å². The van der Waals surface area contributed by atoms with Crippen LogP contribution in [0.3, 0.4) is 0 Å². The Bertz CT molecular complexity index is 816. The summed E-state index contributed by atoms with van der Waals surface area (Å²) in [6, 6.07) is 11.1. The monoisotopic (exact) mass is 365 g/mol. The van der Waals surface area contributed by atoms with Crippen LogP contribution in [0.1, 0.15) is 40.5 Å². The maximum Gasteiger partial charge on any atom is 0.254 e. The normalized spacial score (nSPS) is 16.0. The Morgan fingerprint density at radius 3 is 2.70 bits per heavy atom. The predicted molar refractivity (Wildman–Crippen MR) is 102 cm³/mol. The second-order valence-corrected chi connectivity index (χ2v) is 6.40. The summed E-state index contributed by atoms with van der Waals surface area (Å²) in [5.74, 6) is 0.479. The molecule has 1 N–H and O–H groups in total. The molecule has 3 rings (SSSR count). The van der Waals surface area contributed by atoms with Crippen molar-refractivity contribution < 1.29 is 14.3 Å². The fraction of sp³-hybridized carbons (Fsp3) is 0.286. The fourth-order valence-electron chi connectivity index (χ4n) is 3.22.